The Balaban J connectivity index is 1.85. The zero-order valence-corrected chi connectivity index (χ0v) is 9.30. The average molecular weight is 217 g/mol. The molecule has 2 heterocycles. The number of rotatable bonds is 5. The Morgan fingerprint density at radius 1 is 1.31 bits per heavy atom. The van der Waals surface area contributed by atoms with Gasteiger partial charge in [0.25, 0.3) is 0 Å². The van der Waals surface area contributed by atoms with Gasteiger partial charge in [0, 0.05) is 32.0 Å². The number of aromatic nitrogens is 4. The quantitative estimate of drug-likeness (QED) is 0.811. The number of nitrogens with zero attached hydrogens (tertiary/aromatic N) is 4. The van der Waals surface area contributed by atoms with E-state index < -0.39 is 0 Å². The Kier molecular flexibility index (Phi) is 3.61. The van der Waals surface area contributed by atoms with E-state index in [9.17, 15) is 0 Å². The fraction of sp³-hybridized carbons (Fsp3) is 0.364. The zero-order chi connectivity index (χ0) is 11.2. The molecule has 0 aliphatic carbocycles. The lowest BCUT2D eigenvalue weighted by Gasteiger charge is -2.06. The average Bonchev–Trinajstić information content (AvgIpc) is 2.78. The van der Waals surface area contributed by atoms with Crippen LogP contribution in [0.2, 0.25) is 0 Å². The third kappa shape index (κ3) is 2.64. The van der Waals surface area contributed by atoms with Crippen molar-refractivity contribution in [1.29, 1.82) is 0 Å². The van der Waals surface area contributed by atoms with E-state index in [1.54, 1.807) is 12.5 Å². The van der Waals surface area contributed by atoms with Crippen molar-refractivity contribution < 1.29 is 0 Å². The molecule has 5 nitrogen and oxygen atoms in total. The van der Waals surface area contributed by atoms with Crippen molar-refractivity contribution in [2.75, 3.05) is 0 Å². The van der Waals surface area contributed by atoms with E-state index >= 15 is 0 Å². The summed E-state index contributed by atoms with van der Waals surface area (Å²) in [6.07, 6.45) is 7.05. The van der Waals surface area contributed by atoms with Crippen LogP contribution >= 0.6 is 0 Å². The third-order valence-electron chi connectivity index (χ3n) is 2.39. The molecule has 16 heavy (non-hydrogen) atoms. The lowest BCUT2D eigenvalue weighted by atomic mass is 10.4. The molecule has 84 valence electrons. The molecule has 0 spiro atoms. The van der Waals surface area contributed by atoms with E-state index in [1.807, 2.05) is 18.6 Å². The monoisotopic (exact) mass is 217 g/mol. The molecule has 0 bridgehead atoms. The Labute approximate surface area is 94.6 Å². The van der Waals surface area contributed by atoms with Crippen LogP contribution in [0.3, 0.4) is 0 Å². The normalized spacial score (nSPS) is 10.6. The van der Waals surface area contributed by atoms with Crippen molar-refractivity contribution in [3.63, 3.8) is 0 Å². The molecular formula is C11H15N5. The second-order valence-electron chi connectivity index (χ2n) is 3.48. The molecule has 0 aliphatic rings. The summed E-state index contributed by atoms with van der Waals surface area (Å²) in [4.78, 5) is 12.1. The fourth-order valence-electron chi connectivity index (χ4n) is 1.52. The second kappa shape index (κ2) is 5.37. The van der Waals surface area contributed by atoms with Gasteiger partial charge in [-0.05, 0) is 13.0 Å². The highest BCUT2D eigenvalue weighted by Crippen LogP contribution is 1.99. The van der Waals surface area contributed by atoms with E-state index in [0.717, 1.165) is 25.3 Å². The Hall–Kier alpha value is -1.75. The van der Waals surface area contributed by atoms with E-state index in [-0.39, 0.29) is 0 Å². The number of nitrogens with one attached hydrogen (secondary N) is 1. The van der Waals surface area contributed by atoms with Crippen molar-refractivity contribution in [3.05, 3.63) is 42.5 Å². The lowest BCUT2D eigenvalue weighted by molar-refractivity contribution is 0.621. The highest BCUT2D eigenvalue weighted by Gasteiger charge is 1.99. The molecule has 2 aromatic rings. The second-order valence-corrected chi connectivity index (χ2v) is 3.48. The van der Waals surface area contributed by atoms with Gasteiger partial charge < -0.3 is 9.88 Å². The number of hydrogen-bond acceptors (Lipinski definition) is 4. The molecular weight excluding hydrogens is 202 g/mol. The first kappa shape index (κ1) is 10.8. The van der Waals surface area contributed by atoms with Crippen molar-refractivity contribution in [1.82, 2.24) is 24.8 Å². The summed E-state index contributed by atoms with van der Waals surface area (Å²) in [7, 11) is 0. The van der Waals surface area contributed by atoms with Crippen LogP contribution in [0.15, 0.2) is 31.1 Å². The minimum absolute atomic E-state index is 0.747. The van der Waals surface area contributed by atoms with Gasteiger partial charge in [-0.3, -0.25) is 0 Å². The molecule has 0 atom stereocenters. The molecule has 5 heteroatoms. The Morgan fingerprint density at radius 2 is 2.25 bits per heavy atom. The highest BCUT2D eigenvalue weighted by atomic mass is 15.1. The first-order chi connectivity index (χ1) is 7.90. The number of imidazole rings is 1. The summed E-state index contributed by atoms with van der Waals surface area (Å²) in [5.74, 6) is 0. The van der Waals surface area contributed by atoms with Gasteiger partial charge in [-0.2, -0.15) is 0 Å². The van der Waals surface area contributed by atoms with E-state index in [1.165, 1.54) is 5.69 Å². The molecule has 0 fully saturated rings. The van der Waals surface area contributed by atoms with Crippen LogP contribution in [-0.4, -0.2) is 19.5 Å². The molecule has 0 saturated carbocycles. The molecule has 2 rings (SSSR count). The van der Waals surface area contributed by atoms with Crippen molar-refractivity contribution >= 4 is 0 Å². The van der Waals surface area contributed by atoms with Crippen LogP contribution < -0.4 is 5.32 Å². The standard InChI is InChI=1S/C11H15N5/c1-2-16-9-14-7-11(16)6-13-5-10-3-4-12-8-15-10/h3-4,7-9,13H,2,5-6H2,1H3. The van der Waals surface area contributed by atoms with Crippen LogP contribution in [0.25, 0.3) is 0 Å². The molecule has 2 aromatic heterocycles. The summed E-state index contributed by atoms with van der Waals surface area (Å²) in [5.41, 5.74) is 2.19. The van der Waals surface area contributed by atoms with Gasteiger partial charge in [-0.25, -0.2) is 15.0 Å². The summed E-state index contributed by atoms with van der Waals surface area (Å²) >= 11 is 0. The maximum atomic E-state index is 4.14. The van der Waals surface area contributed by atoms with Crippen LogP contribution in [-0.2, 0) is 19.6 Å². The van der Waals surface area contributed by atoms with Gasteiger partial charge in [0.05, 0.1) is 17.7 Å². The zero-order valence-electron chi connectivity index (χ0n) is 9.30. The molecule has 0 saturated heterocycles. The van der Waals surface area contributed by atoms with Crippen LogP contribution in [0.5, 0.6) is 0 Å². The molecule has 0 unspecified atom stereocenters. The summed E-state index contributed by atoms with van der Waals surface area (Å²) in [6, 6.07) is 1.91. The lowest BCUT2D eigenvalue weighted by Crippen LogP contribution is -2.16. The fourth-order valence-corrected chi connectivity index (χ4v) is 1.52. The summed E-state index contributed by atoms with van der Waals surface area (Å²) in [6.45, 7) is 4.61. The first-order valence-corrected chi connectivity index (χ1v) is 5.34. The van der Waals surface area contributed by atoms with Crippen LogP contribution in [0.4, 0.5) is 0 Å². The molecule has 0 radical (unpaired) electrons. The van der Waals surface area contributed by atoms with Gasteiger partial charge >= 0.3 is 0 Å². The molecule has 0 aliphatic heterocycles. The Morgan fingerprint density at radius 3 is 3.00 bits per heavy atom. The topological polar surface area (TPSA) is 55.6 Å². The van der Waals surface area contributed by atoms with E-state index in [4.69, 9.17) is 0 Å². The van der Waals surface area contributed by atoms with E-state index in [2.05, 4.69) is 31.8 Å². The molecule has 1 N–H and O–H groups in total. The molecule has 0 aromatic carbocycles. The minimum Gasteiger partial charge on any atom is -0.334 e. The summed E-state index contributed by atoms with van der Waals surface area (Å²) < 4.78 is 2.12. The predicted octanol–water partition coefficient (Wildman–Crippen LogP) is 0.983. The van der Waals surface area contributed by atoms with Crippen LogP contribution in [0.1, 0.15) is 18.3 Å². The van der Waals surface area contributed by atoms with Gasteiger partial charge in [-0.15, -0.1) is 0 Å². The minimum atomic E-state index is 0.747. The SMILES string of the molecule is CCn1cncc1CNCc1ccncn1. The molecule has 0 amide bonds. The predicted molar refractivity (Wildman–Crippen MR) is 60.5 cm³/mol. The maximum absolute atomic E-state index is 4.14. The smallest absolute Gasteiger partial charge is 0.115 e. The summed E-state index contributed by atoms with van der Waals surface area (Å²) in [5, 5.41) is 3.33. The van der Waals surface area contributed by atoms with Crippen molar-refractivity contribution in [3.8, 4) is 0 Å². The van der Waals surface area contributed by atoms with Crippen molar-refractivity contribution in [2.24, 2.45) is 0 Å². The largest absolute Gasteiger partial charge is 0.334 e. The first-order valence-electron chi connectivity index (χ1n) is 5.34. The number of hydrogen-bond donors (Lipinski definition) is 1. The van der Waals surface area contributed by atoms with Crippen molar-refractivity contribution in [2.45, 2.75) is 26.6 Å². The third-order valence-corrected chi connectivity index (χ3v) is 2.39. The van der Waals surface area contributed by atoms with Gasteiger partial charge in [0.15, 0.2) is 0 Å². The Bertz CT molecular complexity index is 423. The van der Waals surface area contributed by atoms with E-state index in [0.29, 0.717) is 0 Å². The number of aryl methyl sites for hydroxylation is 1. The van der Waals surface area contributed by atoms with Gasteiger partial charge in [-0.1, -0.05) is 0 Å². The van der Waals surface area contributed by atoms with Gasteiger partial charge in [0.1, 0.15) is 6.33 Å². The highest BCUT2D eigenvalue weighted by molar-refractivity contribution is 5.00. The van der Waals surface area contributed by atoms with Gasteiger partial charge in [0.2, 0.25) is 0 Å². The van der Waals surface area contributed by atoms with Crippen LogP contribution in [0, 0.1) is 0 Å². The maximum Gasteiger partial charge on any atom is 0.115 e.